The summed E-state index contributed by atoms with van der Waals surface area (Å²) in [5.41, 5.74) is 2.41. The number of carbonyl (C=O) groups is 1. The third-order valence-electron chi connectivity index (χ3n) is 5.67. The summed E-state index contributed by atoms with van der Waals surface area (Å²) in [5, 5.41) is 3.13. The van der Waals surface area contributed by atoms with E-state index in [0.29, 0.717) is 0 Å². The number of fused-ring (bicyclic) bond motifs is 3. The van der Waals surface area contributed by atoms with E-state index < -0.39 is 0 Å². The van der Waals surface area contributed by atoms with Gasteiger partial charge in [-0.1, -0.05) is 12.1 Å². The molecule has 1 saturated heterocycles. The summed E-state index contributed by atoms with van der Waals surface area (Å²) >= 11 is 0. The number of nitrogens with zero attached hydrogens (tertiary/aromatic N) is 3. The summed E-state index contributed by atoms with van der Waals surface area (Å²) in [4.78, 5) is 22.2. The number of benzene rings is 1. The molecule has 1 N–H and O–H groups in total. The highest BCUT2D eigenvalue weighted by atomic mass is 16.5. The van der Waals surface area contributed by atoms with Gasteiger partial charge in [0.15, 0.2) is 0 Å². The molecule has 1 fully saturated rings. The largest absolute Gasteiger partial charge is 0.497 e. The molecule has 0 saturated carbocycles. The van der Waals surface area contributed by atoms with Crippen LogP contribution in [-0.2, 0) is 11.2 Å². The van der Waals surface area contributed by atoms with Crippen molar-refractivity contribution in [3.63, 3.8) is 0 Å². The molecule has 0 unspecified atom stereocenters. The van der Waals surface area contributed by atoms with Gasteiger partial charge in [0.05, 0.1) is 19.1 Å². The van der Waals surface area contributed by atoms with E-state index in [1.54, 1.807) is 7.11 Å². The summed E-state index contributed by atoms with van der Waals surface area (Å²) in [5.74, 6) is 1.88. The normalized spacial score (nSPS) is 21.1. The van der Waals surface area contributed by atoms with E-state index in [1.165, 1.54) is 11.3 Å². The third-order valence-corrected chi connectivity index (χ3v) is 5.67. The van der Waals surface area contributed by atoms with Crippen molar-refractivity contribution in [2.45, 2.75) is 32.4 Å². The monoisotopic (exact) mass is 380 g/mol. The van der Waals surface area contributed by atoms with Gasteiger partial charge >= 0.3 is 0 Å². The van der Waals surface area contributed by atoms with E-state index in [9.17, 15) is 4.79 Å². The number of anilines is 2. The fraction of sp³-hybridized carbons (Fsp3) is 0.455. The highest BCUT2D eigenvalue weighted by Crippen LogP contribution is 2.38. The Kier molecular flexibility index (Phi) is 5.11. The van der Waals surface area contributed by atoms with Crippen LogP contribution in [0.25, 0.3) is 0 Å². The smallest absolute Gasteiger partial charge is 0.225 e. The maximum atomic E-state index is 13.0. The standard InChI is InChI=1S/C22H28N4O2/c1-15(2)24-22(27)18-12-16-7-8-17(28-3)13-19(16)26-11-10-25(14-20(18)26)21-6-4-5-9-23-21/h4-9,13,15,18,20H,10-12,14H2,1-3H3,(H,24,27)/t18-,20+/m0/s1. The van der Waals surface area contributed by atoms with Gasteiger partial charge in [-0.25, -0.2) is 4.98 Å². The topological polar surface area (TPSA) is 57.7 Å². The third kappa shape index (κ3) is 3.51. The van der Waals surface area contributed by atoms with E-state index in [2.05, 4.69) is 32.2 Å². The quantitative estimate of drug-likeness (QED) is 0.883. The number of amides is 1. The molecule has 1 aromatic carbocycles. The van der Waals surface area contributed by atoms with Gasteiger partial charge in [0.2, 0.25) is 5.91 Å². The predicted octanol–water partition coefficient (Wildman–Crippen LogP) is 2.48. The molecule has 28 heavy (non-hydrogen) atoms. The van der Waals surface area contributed by atoms with Gasteiger partial charge in [-0.2, -0.15) is 0 Å². The molecule has 0 aliphatic carbocycles. The Labute approximate surface area is 166 Å². The maximum absolute atomic E-state index is 13.0. The number of rotatable bonds is 4. The lowest BCUT2D eigenvalue weighted by Gasteiger charge is -2.49. The van der Waals surface area contributed by atoms with Gasteiger partial charge < -0.3 is 19.9 Å². The lowest BCUT2D eigenvalue weighted by Crippen LogP contribution is -2.61. The van der Waals surface area contributed by atoms with Gasteiger partial charge in [-0.15, -0.1) is 0 Å². The second-order valence-electron chi connectivity index (χ2n) is 7.86. The first-order chi connectivity index (χ1) is 13.6. The summed E-state index contributed by atoms with van der Waals surface area (Å²) < 4.78 is 5.45. The molecule has 1 aromatic heterocycles. The van der Waals surface area contributed by atoms with Crippen molar-refractivity contribution in [2.24, 2.45) is 5.92 Å². The van der Waals surface area contributed by atoms with Gasteiger partial charge in [0, 0.05) is 43.6 Å². The molecule has 3 heterocycles. The van der Waals surface area contributed by atoms with Crippen molar-refractivity contribution in [3.8, 4) is 5.75 Å². The molecule has 6 nitrogen and oxygen atoms in total. The van der Waals surface area contributed by atoms with Crippen LogP contribution in [-0.4, -0.2) is 49.7 Å². The SMILES string of the molecule is COc1ccc2c(c1)N1CCN(c3ccccn3)C[C@@H]1[C@@H](C(=O)NC(C)C)C2. The zero-order valence-electron chi connectivity index (χ0n) is 16.8. The number of hydrogen-bond acceptors (Lipinski definition) is 5. The van der Waals surface area contributed by atoms with Gasteiger partial charge in [-0.3, -0.25) is 4.79 Å². The first-order valence-electron chi connectivity index (χ1n) is 9.96. The zero-order valence-corrected chi connectivity index (χ0v) is 16.8. The fourth-order valence-electron chi connectivity index (χ4n) is 4.34. The lowest BCUT2D eigenvalue weighted by molar-refractivity contribution is -0.126. The highest BCUT2D eigenvalue weighted by molar-refractivity contribution is 5.82. The molecule has 2 aliphatic heterocycles. The first-order valence-corrected chi connectivity index (χ1v) is 9.96. The second kappa shape index (κ2) is 7.70. The van der Waals surface area contributed by atoms with Crippen LogP contribution in [0, 0.1) is 5.92 Å². The summed E-state index contributed by atoms with van der Waals surface area (Å²) in [7, 11) is 1.69. The number of methoxy groups -OCH3 is 1. The van der Waals surface area contributed by atoms with E-state index in [4.69, 9.17) is 4.74 Å². The Hall–Kier alpha value is -2.76. The molecule has 0 bridgehead atoms. The number of ether oxygens (including phenoxy) is 1. The Bertz CT molecular complexity index is 840. The maximum Gasteiger partial charge on any atom is 0.225 e. The van der Waals surface area contributed by atoms with Crippen LogP contribution in [0.1, 0.15) is 19.4 Å². The molecule has 148 valence electrons. The Morgan fingerprint density at radius 2 is 2.11 bits per heavy atom. The van der Waals surface area contributed by atoms with Crippen LogP contribution < -0.4 is 19.9 Å². The molecule has 2 aliphatic rings. The lowest BCUT2D eigenvalue weighted by atomic mass is 9.83. The van der Waals surface area contributed by atoms with Crippen molar-refractivity contribution in [1.29, 1.82) is 0 Å². The molecule has 6 heteroatoms. The van der Waals surface area contributed by atoms with Crippen molar-refractivity contribution in [2.75, 3.05) is 36.5 Å². The van der Waals surface area contributed by atoms with E-state index in [0.717, 1.165) is 37.6 Å². The average Bonchev–Trinajstić information content (AvgIpc) is 2.72. The summed E-state index contributed by atoms with van der Waals surface area (Å²) in [6.07, 6.45) is 2.57. The minimum atomic E-state index is -0.0881. The summed E-state index contributed by atoms with van der Waals surface area (Å²) in [6.45, 7) is 6.54. The first kappa shape index (κ1) is 18.6. The summed E-state index contributed by atoms with van der Waals surface area (Å²) in [6, 6.07) is 12.4. The van der Waals surface area contributed by atoms with Crippen LogP contribution in [0.4, 0.5) is 11.5 Å². The van der Waals surface area contributed by atoms with Gasteiger partial charge in [0.25, 0.3) is 0 Å². The van der Waals surface area contributed by atoms with Crippen molar-refractivity contribution >= 4 is 17.4 Å². The van der Waals surface area contributed by atoms with Crippen LogP contribution in [0.3, 0.4) is 0 Å². The average molecular weight is 380 g/mol. The number of nitrogens with one attached hydrogen (secondary N) is 1. The van der Waals surface area contributed by atoms with E-state index in [-0.39, 0.29) is 23.9 Å². The molecular weight excluding hydrogens is 352 g/mol. The van der Waals surface area contributed by atoms with Crippen molar-refractivity contribution in [1.82, 2.24) is 10.3 Å². The predicted molar refractivity (Wildman–Crippen MR) is 111 cm³/mol. The Balaban J connectivity index is 1.67. The molecular formula is C22H28N4O2. The van der Waals surface area contributed by atoms with Crippen LogP contribution >= 0.6 is 0 Å². The van der Waals surface area contributed by atoms with Gasteiger partial charge in [-0.05, 0) is 44.0 Å². The molecule has 4 rings (SSSR count). The van der Waals surface area contributed by atoms with Crippen LogP contribution in [0.2, 0.25) is 0 Å². The Morgan fingerprint density at radius 3 is 2.82 bits per heavy atom. The Morgan fingerprint density at radius 1 is 1.25 bits per heavy atom. The number of aromatic nitrogens is 1. The van der Waals surface area contributed by atoms with Crippen molar-refractivity contribution < 1.29 is 9.53 Å². The van der Waals surface area contributed by atoms with E-state index in [1.807, 2.05) is 44.3 Å². The minimum Gasteiger partial charge on any atom is -0.497 e. The van der Waals surface area contributed by atoms with Crippen molar-refractivity contribution in [3.05, 3.63) is 48.2 Å². The van der Waals surface area contributed by atoms with Gasteiger partial charge in [0.1, 0.15) is 11.6 Å². The van der Waals surface area contributed by atoms with E-state index >= 15 is 0 Å². The molecule has 0 radical (unpaired) electrons. The number of piperazine rings is 1. The van der Waals surface area contributed by atoms with Crippen LogP contribution in [0.5, 0.6) is 5.75 Å². The second-order valence-corrected chi connectivity index (χ2v) is 7.86. The minimum absolute atomic E-state index is 0.0881. The fourth-order valence-corrected chi connectivity index (χ4v) is 4.34. The molecule has 2 aromatic rings. The number of pyridine rings is 1. The molecule has 2 atom stereocenters. The number of hydrogen-bond donors (Lipinski definition) is 1. The van der Waals surface area contributed by atoms with Crippen LogP contribution in [0.15, 0.2) is 42.6 Å². The highest BCUT2D eigenvalue weighted by Gasteiger charge is 2.42. The number of carbonyl (C=O) groups excluding carboxylic acids is 1. The molecule has 1 amide bonds. The zero-order chi connectivity index (χ0) is 19.7. The molecule has 0 spiro atoms.